The zero-order valence-electron chi connectivity index (χ0n) is 25.6. The van der Waals surface area contributed by atoms with Crippen molar-refractivity contribution in [1.29, 1.82) is 5.26 Å². The topological polar surface area (TPSA) is 121 Å². The molecule has 0 atom stereocenters. The van der Waals surface area contributed by atoms with E-state index in [1.807, 2.05) is 0 Å². The lowest BCUT2D eigenvalue weighted by molar-refractivity contribution is -0.164. The number of hydrogen-bond donors (Lipinski definition) is 2. The monoisotopic (exact) mass is 575 g/mol. The number of hydrogen-bond acceptors (Lipinski definition) is 8. The first kappa shape index (κ1) is 30.1. The molecule has 1 aromatic carbocycles. The van der Waals surface area contributed by atoms with Crippen LogP contribution in [0, 0.1) is 34.0 Å². The minimum atomic E-state index is -0.344. The van der Waals surface area contributed by atoms with Crippen LogP contribution in [0.2, 0.25) is 0 Å². The number of anilines is 1. The lowest BCUT2D eigenvalue weighted by Crippen LogP contribution is -2.74. The summed E-state index contributed by atoms with van der Waals surface area (Å²) in [6, 6.07) is 7.21. The number of aliphatic hydroxyl groups excluding tert-OH is 1. The molecule has 1 saturated heterocycles. The van der Waals surface area contributed by atoms with Gasteiger partial charge in [0, 0.05) is 48.4 Å². The minimum Gasteiger partial charge on any atom is -0.495 e. The van der Waals surface area contributed by atoms with Gasteiger partial charge in [0.1, 0.15) is 23.7 Å². The maximum atomic E-state index is 13.3. The molecule has 3 fully saturated rings. The van der Waals surface area contributed by atoms with Crippen LogP contribution in [0.3, 0.4) is 0 Å². The van der Waals surface area contributed by atoms with Crippen LogP contribution in [0.4, 0.5) is 5.95 Å². The third kappa shape index (κ3) is 6.05. The highest BCUT2D eigenvalue weighted by atomic mass is 16.5. The average molecular weight is 576 g/mol. The number of aliphatic hydroxyl groups is 1. The van der Waals surface area contributed by atoms with Crippen molar-refractivity contribution < 1.29 is 19.4 Å². The summed E-state index contributed by atoms with van der Waals surface area (Å²) in [7, 11) is 1.54. The van der Waals surface area contributed by atoms with Gasteiger partial charge in [-0.25, -0.2) is 9.97 Å². The summed E-state index contributed by atoms with van der Waals surface area (Å²) in [6.07, 6.45) is 10.8. The highest BCUT2D eigenvalue weighted by molar-refractivity contribution is 5.94. The summed E-state index contributed by atoms with van der Waals surface area (Å²) in [5.41, 5.74) is 0.212. The van der Waals surface area contributed by atoms with Crippen LogP contribution in [0.1, 0.15) is 88.6 Å². The summed E-state index contributed by atoms with van der Waals surface area (Å²) >= 11 is 0. The Balaban J connectivity index is 1.14. The maximum Gasteiger partial charge on any atom is 0.254 e. The Morgan fingerprint density at radius 2 is 1.67 bits per heavy atom. The summed E-state index contributed by atoms with van der Waals surface area (Å²) < 4.78 is 11.7. The average Bonchev–Trinajstić information content (AvgIpc) is 2.99. The molecular formula is C33H45N5O4. The molecule has 2 aliphatic carbocycles. The number of piperidine rings is 1. The molecule has 1 amide bonds. The van der Waals surface area contributed by atoms with Crippen LogP contribution < -0.4 is 19.7 Å². The van der Waals surface area contributed by atoms with E-state index < -0.39 is 0 Å². The van der Waals surface area contributed by atoms with Crippen LogP contribution in [0.25, 0.3) is 0 Å². The zero-order chi connectivity index (χ0) is 30.1. The number of carbonyl (C=O) groups is 1. The summed E-state index contributed by atoms with van der Waals surface area (Å²) in [4.78, 5) is 24.6. The van der Waals surface area contributed by atoms with Gasteiger partial charge in [-0.05, 0) is 68.9 Å². The highest BCUT2D eigenvalue weighted by Crippen LogP contribution is 2.55. The lowest BCUT2D eigenvalue weighted by Gasteiger charge is -2.63. The number of amides is 1. The van der Waals surface area contributed by atoms with Gasteiger partial charge in [-0.2, -0.15) is 5.26 Å². The Kier molecular flexibility index (Phi) is 8.66. The van der Waals surface area contributed by atoms with Crippen molar-refractivity contribution in [3.05, 3.63) is 41.7 Å². The lowest BCUT2D eigenvalue weighted by atomic mass is 9.49. The SMILES string of the molecule is COc1cc(OC2C(C)(C)C(NC(=O)c3cnc(N4CCC(CC5CCC(O)CC5)CC4)nc3)C2(C)C)ccc1C#N. The van der Waals surface area contributed by atoms with Crippen molar-refractivity contribution in [3.63, 3.8) is 0 Å². The molecule has 1 aliphatic heterocycles. The molecule has 9 nitrogen and oxygen atoms in total. The largest absolute Gasteiger partial charge is 0.495 e. The van der Waals surface area contributed by atoms with Gasteiger partial charge in [0.15, 0.2) is 0 Å². The van der Waals surface area contributed by atoms with E-state index in [9.17, 15) is 15.2 Å². The van der Waals surface area contributed by atoms with Crippen molar-refractivity contribution in [2.75, 3.05) is 25.1 Å². The van der Waals surface area contributed by atoms with Crippen LogP contribution in [-0.2, 0) is 0 Å². The molecule has 3 aliphatic rings. The number of aromatic nitrogens is 2. The predicted molar refractivity (Wildman–Crippen MR) is 160 cm³/mol. The Morgan fingerprint density at radius 1 is 1.05 bits per heavy atom. The fourth-order valence-corrected chi connectivity index (χ4v) is 7.81. The smallest absolute Gasteiger partial charge is 0.254 e. The van der Waals surface area contributed by atoms with E-state index in [0.717, 1.165) is 63.5 Å². The molecule has 2 saturated carbocycles. The summed E-state index contributed by atoms with van der Waals surface area (Å²) in [5, 5.41) is 22.3. The van der Waals surface area contributed by atoms with Crippen molar-refractivity contribution in [3.8, 4) is 17.6 Å². The molecule has 2 N–H and O–H groups in total. The number of carbonyl (C=O) groups excluding carboxylic acids is 1. The molecule has 5 rings (SSSR count). The second-order valence-corrected chi connectivity index (χ2v) is 13.6. The Bertz CT molecular complexity index is 1270. The third-order valence-electron chi connectivity index (χ3n) is 9.94. The van der Waals surface area contributed by atoms with Gasteiger partial charge >= 0.3 is 0 Å². The van der Waals surface area contributed by atoms with E-state index >= 15 is 0 Å². The number of rotatable bonds is 8. The molecule has 0 spiro atoms. The first-order valence-corrected chi connectivity index (χ1v) is 15.3. The second-order valence-electron chi connectivity index (χ2n) is 13.6. The van der Waals surface area contributed by atoms with E-state index in [4.69, 9.17) is 9.47 Å². The molecule has 9 heteroatoms. The summed E-state index contributed by atoms with van der Waals surface area (Å²) in [5.74, 6) is 3.08. The quantitative estimate of drug-likeness (QED) is 0.445. The van der Waals surface area contributed by atoms with Crippen LogP contribution in [0.15, 0.2) is 30.6 Å². The third-order valence-corrected chi connectivity index (χ3v) is 9.94. The Morgan fingerprint density at radius 3 is 2.26 bits per heavy atom. The van der Waals surface area contributed by atoms with E-state index in [-0.39, 0.29) is 35.0 Å². The second kappa shape index (κ2) is 12.1. The number of methoxy groups -OCH3 is 1. The number of ether oxygens (including phenoxy) is 2. The van der Waals surface area contributed by atoms with Crippen molar-refractivity contribution in [2.45, 2.75) is 90.9 Å². The van der Waals surface area contributed by atoms with Gasteiger partial charge in [-0.3, -0.25) is 4.79 Å². The number of nitrogens with one attached hydrogen (secondary N) is 1. The zero-order valence-corrected chi connectivity index (χ0v) is 25.6. The van der Waals surface area contributed by atoms with Crippen LogP contribution in [0.5, 0.6) is 11.5 Å². The molecule has 42 heavy (non-hydrogen) atoms. The first-order valence-electron chi connectivity index (χ1n) is 15.3. The van der Waals surface area contributed by atoms with Crippen molar-refractivity contribution in [2.24, 2.45) is 22.7 Å². The van der Waals surface area contributed by atoms with Gasteiger partial charge in [0.2, 0.25) is 5.95 Å². The molecule has 2 aromatic rings. The number of nitriles is 1. The molecule has 0 radical (unpaired) electrons. The normalized spacial score (nSPS) is 26.9. The fourth-order valence-electron chi connectivity index (χ4n) is 7.81. The number of benzene rings is 1. The molecule has 226 valence electrons. The van der Waals surface area contributed by atoms with Crippen LogP contribution >= 0.6 is 0 Å². The fraction of sp³-hybridized carbons (Fsp3) is 0.636. The molecule has 2 heterocycles. The van der Waals surface area contributed by atoms with Gasteiger partial charge in [0.25, 0.3) is 5.91 Å². The first-order chi connectivity index (χ1) is 20.0. The Hall–Kier alpha value is -3.38. The molecular weight excluding hydrogens is 530 g/mol. The van der Waals surface area contributed by atoms with Gasteiger partial charge in [-0.1, -0.05) is 27.7 Å². The molecule has 0 bridgehead atoms. The van der Waals surface area contributed by atoms with E-state index in [2.05, 4.69) is 53.9 Å². The van der Waals surface area contributed by atoms with Crippen molar-refractivity contribution in [1.82, 2.24) is 15.3 Å². The predicted octanol–water partition coefficient (Wildman–Crippen LogP) is 5.13. The van der Waals surface area contributed by atoms with Gasteiger partial charge < -0.3 is 24.8 Å². The Labute approximate surface area is 249 Å². The molecule has 1 aromatic heterocycles. The van der Waals surface area contributed by atoms with E-state index in [1.165, 1.54) is 13.5 Å². The van der Waals surface area contributed by atoms with Crippen LogP contribution in [-0.4, -0.2) is 59.4 Å². The standard InChI is InChI=1S/C33H45N5O4/c1-32(2)29(33(3,4)30(32)42-26-11-8-23(18-34)27(17-26)41-5)37-28(40)24-19-35-31(36-20-24)38-14-12-22(13-15-38)16-21-6-9-25(39)10-7-21/h8,11,17,19-22,25,29-30,39H,6-7,9-10,12-16H2,1-5H3,(H,37,40). The minimum absolute atomic E-state index is 0.0898. The highest BCUT2D eigenvalue weighted by Gasteiger charge is 2.64. The van der Waals surface area contributed by atoms with Gasteiger partial charge in [-0.15, -0.1) is 0 Å². The summed E-state index contributed by atoms with van der Waals surface area (Å²) in [6.45, 7) is 10.2. The molecule has 0 unspecified atom stereocenters. The number of nitrogens with zero attached hydrogens (tertiary/aromatic N) is 4. The van der Waals surface area contributed by atoms with Crippen molar-refractivity contribution >= 4 is 11.9 Å². The van der Waals surface area contributed by atoms with Gasteiger partial charge in [0.05, 0.1) is 24.3 Å². The van der Waals surface area contributed by atoms with E-state index in [0.29, 0.717) is 28.6 Å². The van der Waals surface area contributed by atoms with E-state index in [1.54, 1.807) is 30.6 Å². The maximum absolute atomic E-state index is 13.3.